The third-order valence-electron chi connectivity index (χ3n) is 3.63. The van der Waals surface area contributed by atoms with E-state index in [9.17, 15) is 13.2 Å². The average Bonchev–Trinajstić information content (AvgIpc) is 2.64. The minimum Gasteiger partial charge on any atom is -0.454 e. The highest BCUT2D eigenvalue weighted by Crippen LogP contribution is 2.39. The Morgan fingerprint density at radius 2 is 1.88 bits per heavy atom. The highest BCUT2D eigenvalue weighted by atomic mass is 79.9. The van der Waals surface area contributed by atoms with Crippen molar-refractivity contribution >= 4 is 43.2 Å². The third kappa shape index (κ3) is 3.11. The molecule has 1 aliphatic heterocycles. The van der Waals surface area contributed by atoms with Gasteiger partial charge in [0.15, 0.2) is 5.75 Å². The molecule has 6 nitrogen and oxygen atoms in total. The van der Waals surface area contributed by atoms with E-state index >= 15 is 0 Å². The molecule has 1 aliphatic rings. The second-order valence-electron chi connectivity index (χ2n) is 5.47. The number of rotatable bonds is 3. The molecule has 0 radical (unpaired) electrons. The predicted octanol–water partition coefficient (Wildman–Crippen LogP) is 3.47. The van der Waals surface area contributed by atoms with Gasteiger partial charge in [0.05, 0.1) is 11.3 Å². The van der Waals surface area contributed by atoms with Gasteiger partial charge in [0.1, 0.15) is 10.4 Å². The number of anilines is 2. The van der Waals surface area contributed by atoms with E-state index in [-0.39, 0.29) is 10.6 Å². The van der Waals surface area contributed by atoms with Crippen LogP contribution in [0.25, 0.3) is 0 Å². The molecule has 1 N–H and O–H groups in total. The number of amides is 1. The monoisotopic (exact) mass is 410 g/mol. The summed E-state index contributed by atoms with van der Waals surface area (Å²) in [6.45, 7) is 1.93. The summed E-state index contributed by atoms with van der Waals surface area (Å²) in [5, 5.41) is 0. The Morgan fingerprint density at radius 1 is 1.17 bits per heavy atom. The number of hydrogen-bond donors (Lipinski definition) is 1. The molecule has 0 aliphatic carbocycles. The molecule has 0 aromatic heterocycles. The Kier molecular flexibility index (Phi) is 4.27. The van der Waals surface area contributed by atoms with Gasteiger partial charge in [-0.1, -0.05) is 22.0 Å². The Balaban J connectivity index is 2.06. The quantitative estimate of drug-likeness (QED) is 0.785. The summed E-state index contributed by atoms with van der Waals surface area (Å²) in [5.41, 5.74) is 2.27. The Morgan fingerprint density at radius 3 is 2.58 bits per heavy atom. The average molecular weight is 411 g/mol. The lowest BCUT2D eigenvalue weighted by Crippen LogP contribution is -2.25. The van der Waals surface area contributed by atoms with Gasteiger partial charge < -0.3 is 9.64 Å². The molecule has 0 bridgehead atoms. The molecule has 3 rings (SSSR count). The number of carbonyl (C=O) groups is 1. The molecule has 0 spiro atoms. The Bertz CT molecular complexity index is 928. The maximum absolute atomic E-state index is 12.8. The van der Waals surface area contributed by atoms with Crippen molar-refractivity contribution in [1.82, 2.24) is 0 Å². The number of benzene rings is 2. The van der Waals surface area contributed by atoms with Crippen LogP contribution < -0.4 is 14.4 Å². The van der Waals surface area contributed by atoms with Gasteiger partial charge in [-0.05, 0) is 42.8 Å². The molecular formula is C16H15BrN2O4S. The zero-order valence-corrected chi connectivity index (χ0v) is 15.4. The lowest BCUT2D eigenvalue weighted by molar-refractivity contribution is 0.0993. The number of fused-ring (bicyclic) bond motifs is 2. The molecule has 0 fully saturated rings. The summed E-state index contributed by atoms with van der Waals surface area (Å²) in [4.78, 5) is 14.3. The van der Waals surface area contributed by atoms with Gasteiger partial charge in [-0.2, -0.15) is 0 Å². The Hall–Kier alpha value is -2.06. The van der Waals surface area contributed by atoms with Crippen LogP contribution in [-0.2, 0) is 10.0 Å². The molecular weight excluding hydrogens is 396 g/mol. The van der Waals surface area contributed by atoms with Gasteiger partial charge in [-0.25, -0.2) is 8.42 Å². The van der Waals surface area contributed by atoms with Crippen LogP contribution in [0, 0.1) is 6.92 Å². The number of nitrogens with one attached hydrogen (secondary N) is 1. The van der Waals surface area contributed by atoms with Crippen molar-refractivity contribution < 1.29 is 17.9 Å². The van der Waals surface area contributed by atoms with Gasteiger partial charge >= 0.3 is 0 Å². The number of nitrogens with zero attached hydrogens (tertiary/aromatic N) is 1. The second kappa shape index (κ2) is 6.10. The van der Waals surface area contributed by atoms with E-state index in [1.165, 1.54) is 11.0 Å². The summed E-state index contributed by atoms with van der Waals surface area (Å²) in [6, 6.07) is 10.2. The molecule has 0 saturated carbocycles. The van der Waals surface area contributed by atoms with E-state index in [4.69, 9.17) is 4.74 Å². The fraction of sp³-hybridized carbons (Fsp3) is 0.188. The first kappa shape index (κ1) is 16.8. The summed E-state index contributed by atoms with van der Waals surface area (Å²) in [6.07, 6.45) is 0. The van der Waals surface area contributed by atoms with E-state index < -0.39 is 10.0 Å². The third-order valence-corrected chi connectivity index (χ3v) is 6.27. The molecule has 2 aromatic carbocycles. The maximum atomic E-state index is 12.8. The molecule has 0 unspecified atom stereocenters. The SMILES string of the molecule is Cc1ccc2c(c1)N(C)C(=O)c1cc(NS(=O)(=O)CBr)ccc1O2. The highest BCUT2D eigenvalue weighted by Gasteiger charge is 2.26. The van der Waals surface area contributed by atoms with Gasteiger partial charge in [-0.15, -0.1) is 0 Å². The van der Waals surface area contributed by atoms with Crippen LogP contribution in [0.4, 0.5) is 11.4 Å². The minimum absolute atomic E-state index is 0.230. The molecule has 0 atom stereocenters. The summed E-state index contributed by atoms with van der Waals surface area (Å²) in [7, 11) is -1.84. The first-order valence-corrected chi connectivity index (χ1v) is 9.85. The van der Waals surface area contributed by atoms with Crippen LogP contribution in [0.2, 0.25) is 0 Å². The minimum atomic E-state index is -3.50. The largest absolute Gasteiger partial charge is 0.454 e. The number of ether oxygens (including phenoxy) is 1. The number of hydrogen-bond acceptors (Lipinski definition) is 4. The number of aryl methyl sites for hydroxylation is 1. The fourth-order valence-corrected chi connectivity index (χ4v) is 3.32. The zero-order chi connectivity index (χ0) is 17.5. The number of halogens is 1. The van der Waals surface area contributed by atoms with Crippen LogP contribution in [-0.4, -0.2) is 26.0 Å². The van der Waals surface area contributed by atoms with Crippen LogP contribution in [0.5, 0.6) is 11.5 Å². The van der Waals surface area contributed by atoms with Crippen molar-refractivity contribution in [3.05, 3.63) is 47.5 Å². The van der Waals surface area contributed by atoms with Gasteiger partial charge in [0.2, 0.25) is 10.0 Å². The summed E-state index contributed by atoms with van der Waals surface area (Å²) in [5.74, 6) is 0.689. The molecule has 126 valence electrons. The summed E-state index contributed by atoms with van der Waals surface area (Å²) >= 11 is 2.91. The molecule has 2 aromatic rings. The lowest BCUT2D eigenvalue weighted by atomic mass is 10.1. The first-order valence-electron chi connectivity index (χ1n) is 7.08. The molecule has 8 heteroatoms. The smallest absolute Gasteiger partial charge is 0.261 e. The van der Waals surface area contributed by atoms with E-state index in [0.717, 1.165) is 5.56 Å². The number of sulfonamides is 1. The van der Waals surface area contributed by atoms with Crippen LogP contribution >= 0.6 is 15.9 Å². The zero-order valence-electron chi connectivity index (χ0n) is 13.0. The standard InChI is InChI=1S/C16H15BrN2O4S/c1-10-3-5-15-13(7-10)19(2)16(20)12-8-11(4-6-14(12)23-15)18-24(21,22)9-17/h3-8,18H,9H2,1-2H3. The van der Waals surface area contributed by atoms with Crippen molar-refractivity contribution in [2.45, 2.75) is 6.92 Å². The van der Waals surface area contributed by atoms with Crippen molar-refractivity contribution in [2.75, 3.05) is 21.3 Å². The highest BCUT2D eigenvalue weighted by molar-refractivity contribution is 9.10. The topological polar surface area (TPSA) is 75.7 Å². The van der Waals surface area contributed by atoms with E-state index in [1.54, 1.807) is 19.2 Å². The lowest BCUT2D eigenvalue weighted by Gasteiger charge is -2.16. The predicted molar refractivity (Wildman–Crippen MR) is 96.8 cm³/mol. The van der Waals surface area contributed by atoms with Crippen LogP contribution in [0.3, 0.4) is 0 Å². The summed E-state index contributed by atoms with van der Waals surface area (Å²) < 4.78 is 31.4. The normalized spacial score (nSPS) is 13.6. The molecule has 1 heterocycles. The van der Waals surface area contributed by atoms with E-state index in [0.29, 0.717) is 28.4 Å². The number of carbonyl (C=O) groups excluding carboxylic acids is 1. The molecule has 0 saturated heterocycles. The van der Waals surface area contributed by atoms with Crippen molar-refractivity contribution in [2.24, 2.45) is 0 Å². The van der Waals surface area contributed by atoms with E-state index in [2.05, 4.69) is 20.7 Å². The van der Waals surface area contributed by atoms with Gasteiger partial charge in [-0.3, -0.25) is 9.52 Å². The van der Waals surface area contributed by atoms with Crippen molar-refractivity contribution in [1.29, 1.82) is 0 Å². The fourth-order valence-electron chi connectivity index (χ4n) is 2.44. The first-order chi connectivity index (χ1) is 11.3. The van der Waals surface area contributed by atoms with Gasteiger partial charge in [0, 0.05) is 12.7 Å². The van der Waals surface area contributed by atoms with E-state index in [1.807, 2.05) is 25.1 Å². The van der Waals surface area contributed by atoms with Crippen LogP contribution in [0.15, 0.2) is 36.4 Å². The maximum Gasteiger partial charge on any atom is 0.261 e. The Labute approximate surface area is 148 Å². The number of alkyl halides is 1. The van der Waals surface area contributed by atoms with Crippen molar-refractivity contribution in [3.63, 3.8) is 0 Å². The van der Waals surface area contributed by atoms with Gasteiger partial charge in [0.25, 0.3) is 5.91 Å². The molecule has 1 amide bonds. The second-order valence-corrected chi connectivity index (χ2v) is 8.50. The molecule has 24 heavy (non-hydrogen) atoms. The van der Waals surface area contributed by atoms with Crippen molar-refractivity contribution in [3.8, 4) is 11.5 Å². The van der Waals surface area contributed by atoms with Crippen LogP contribution in [0.1, 0.15) is 15.9 Å².